The number of hydrogen-bond donors (Lipinski definition) is 2. The molecule has 4 nitrogen and oxygen atoms in total. The van der Waals surface area contributed by atoms with E-state index in [1.165, 1.54) is 19.3 Å². The lowest BCUT2D eigenvalue weighted by Crippen LogP contribution is -2.28. The van der Waals surface area contributed by atoms with E-state index in [-0.39, 0.29) is 6.54 Å². The summed E-state index contributed by atoms with van der Waals surface area (Å²) in [5, 5.41) is 9.50. The van der Waals surface area contributed by atoms with Gasteiger partial charge in [0.2, 0.25) is 0 Å². The average Bonchev–Trinajstić information content (AvgIpc) is 2.78. The van der Waals surface area contributed by atoms with Crippen LogP contribution in [0.2, 0.25) is 0 Å². The molecular weight excluding hydrogens is 192 g/mol. The van der Waals surface area contributed by atoms with E-state index < -0.39 is 6.10 Å². The second kappa shape index (κ2) is 4.68. The number of furan rings is 1. The minimum absolute atomic E-state index is 0.201. The molecule has 0 saturated carbocycles. The van der Waals surface area contributed by atoms with E-state index in [4.69, 9.17) is 10.2 Å². The molecule has 1 aliphatic heterocycles. The highest BCUT2D eigenvalue weighted by molar-refractivity contribution is 5.37. The predicted octanol–water partition coefficient (Wildman–Crippen LogP) is 1.26. The molecule has 0 aromatic carbocycles. The zero-order valence-electron chi connectivity index (χ0n) is 8.85. The third kappa shape index (κ3) is 2.33. The van der Waals surface area contributed by atoms with Gasteiger partial charge in [0.25, 0.3) is 0 Å². The fourth-order valence-electron chi connectivity index (χ4n) is 1.92. The Morgan fingerprint density at radius 1 is 1.33 bits per heavy atom. The summed E-state index contributed by atoms with van der Waals surface area (Å²) in [6.45, 7) is 2.30. The van der Waals surface area contributed by atoms with E-state index in [2.05, 4.69) is 4.90 Å². The van der Waals surface area contributed by atoms with Crippen molar-refractivity contribution < 1.29 is 9.52 Å². The van der Waals surface area contributed by atoms with E-state index in [0.717, 1.165) is 19.0 Å². The highest BCUT2D eigenvalue weighted by Gasteiger charge is 2.16. The van der Waals surface area contributed by atoms with Crippen LogP contribution in [0.15, 0.2) is 16.5 Å². The first-order chi connectivity index (χ1) is 7.31. The first kappa shape index (κ1) is 10.5. The van der Waals surface area contributed by atoms with Gasteiger partial charge in [-0.1, -0.05) is 0 Å². The Labute approximate surface area is 89.7 Å². The SMILES string of the molecule is NC[C@@H](O)c1ccc(N2CCCCC2)o1. The molecule has 1 aromatic heterocycles. The Balaban J connectivity index is 2.05. The summed E-state index contributed by atoms with van der Waals surface area (Å²) in [4.78, 5) is 2.22. The van der Waals surface area contributed by atoms with Crippen LogP contribution in [0.1, 0.15) is 31.1 Å². The monoisotopic (exact) mass is 210 g/mol. The van der Waals surface area contributed by atoms with Crippen molar-refractivity contribution in [3.05, 3.63) is 17.9 Å². The maximum atomic E-state index is 9.50. The van der Waals surface area contributed by atoms with Gasteiger partial charge in [0.15, 0.2) is 5.88 Å². The second-order valence-corrected chi connectivity index (χ2v) is 3.98. The Hall–Kier alpha value is -1.00. The smallest absolute Gasteiger partial charge is 0.195 e. The number of aliphatic hydroxyl groups excluding tert-OH is 1. The van der Waals surface area contributed by atoms with Crippen LogP contribution in [0.4, 0.5) is 5.88 Å². The first-order valence-electron chi connectivity index (χ1n) is 5.54. The molecule has 1 fully saturated rings. The summed E-state index contributed by atoms with van der Waals surface area (Å²) in [5.74, 6) is 1.43. The van der Waals surface area contributed by atoms with Gasteiger partial charge in [0.05, 0.1) is 0 Å². The summed E-state index contributed by atoms with van der Waals surface area (Å²) in [5.41, 5.74) is 5.37. The zero-order chi connectivity index (χ0) is 10.7. The third-order valence-electron chi connectivity index (χ3n) is 2.83. The Morgan fingerprint density at radius 2 is 2.07 bits per heavy atom. The molecule has 4 heteroatoms. The predicted molar refractivity (Wildman–Crippen MR) is 58.8 cm³/mol. The molecule has 0 amide bonds. The van der Waals surface area contributed by atoms with Crippen molar-refractivity contribution in [3.63, 3.8) is 0 Å². The summed E-state index contributed by atoms with van der Waals surface area (Å²) >= 11 is 0. The molecular formula is C11H18N2O2. The number of anilines is 1. The van der Waals surface area contributed by atoms with Gasteiger partial charge in [-0.3, -0.25) is 0 Å². The lowest BCUT2D eigenvalue weighted by Gasteiger charge is -2.26. The molecule has 2 heterocycles. The number of nitrogens with two attached hydrogens (primary N) is 1. The van der Waals surface area contributed by atoms with E-state index >= 15 is 0 Å². The third-order valence-corrected chi connectivity index (χ3v) is 2.83. The number of rotatable bonds is 3. The van der Waals surface area contributed by atoms with Gasteiger partial charge in [0, 0.05) is 25.7 Å². The quantitative estimate of drug-likeness (QED) is 0.788. The molecule has 84 valence electrons. The van der Waals surface area contributed by atoms with Crippen LogP contribution < -0.4 is 10.6 Å². The lowest BCUT2D eigenvalue weighted by molar-refractivity contribution is 0.158. The van der Waals surface area contributed by atoms with Gasteiger partial charge in [-0.15, -0.1) is 0 Å². The minimum atomic E-state index is -0.677. The maximum absolute atomic E-state index is 9.50. The van der Waals surface area contributed by atoms with Gasteiger partial charge >= 0.3 is 0 Å². The number of hydrogen-bond acceptors (Lipinski definition) is 4. The highest BCUT2D eigenvalue weighted by Crippen LogP contribution is 2.25. The Morgan fingerprint density at radius 3 is 2.73 bits per heavy atom. The molecule has 0 unspecified atom stereocenters. The second-order valence-electron chi connectivity index (χ2n) is 3.98. The molecule has 0 spiro atoms. The number of piperidine rings is 1. The van der Waals surface area contributed by atoms with Crippen LogP contribution in [0.5, 0.6) is 0 Å². The fraction of sp³-hybridized carbons (Fsp3) is 0.636. The maximum Gasteiger partial charge on any atom is 0.195 e. The molecule has 1 aliphatic rings. The van der Waals surface area contributed by atoms with Crippen molar-refractivity contribution in [2.24, 2.45) is 5.73 Å². The van der Waals surface area contributed by atoms with Gasteiger partial charge in [0.1, 0.15) is 11.9 Å². The summed E-state index contributed by atoms with van der Waals surface area (Å²) < 4.78 is 5.57. The van der Waals surface area contributed by atoms with Crippen molar-refractivity contribution in [1.82, 2.24) is 0 Å². The average molecular weight is 210 g/mol. The largest absolute Gasteiger partial charge is 0.443 e. The van der Waals surface area contributed by atoms with Crippen molar-refractivity contribution in [1.29, 1.82) is 0 Å². The molecule has 1 atom stereocenters. The number of nitrogens with zero attached hydrogens (tertiary/aromatic N) is 1. The van der Waals surface area contributed by atoms with Crippen LogP contribution in [0.25, 0.3) is 0 Å². The van der Waals surface area contributed by atoms with Gasteiger partial charge in [-0.25, -0.2) is 0 Å². The fourth-order valence-corrected chi connectivity index (χ4v) is 1.92. The van der Waals surface area contributed by atoms with Crippen LogP contribution >= 0.6 is 0 Å². The van der Waals surface area contributed by atoms with Crippen LogP contribution in [-0.2, 0) is 0 Å². The van der Waals surface area contributed by atoms with Gasteiger partial charge in [-0.2, -0.15) is 0 Å². The van der Waals surface area contributed by atoms with E-state index in [1.54, 1.807) is 0 Å². The molecule has 1 aromatic rings. The molecule has 15 heavy (non-hydrogen) atoms. The van der Waals surface area contributed by atoms with Gasteiger partial charge < -0.3 is 20.2 Å². The van der Waals surface area contributed by atoms with E-state index in [1.807, 2.05) is 12.1 Å². The molecule has 2 rings (SSSR count). The Bertz CT molecular complexity index is 305. The standard InChI is InChI=1S/C11H18N2O2/c12-8-9(14)10-4-5-11(15-10)13-6-2-1-3-7-13/h4-5,9,14H,1-3,6-8,12H2/t9-/m1/s1. The molecule has 1 saturated heterocycles. The lowest BCUT2D eigenvalue weighted by atomic mass is 10.1. The molecule has 3 N–H and O–H groups in total. The van der Waals surface area contributed by atoms with Crippen LogP contribution in [0.3, 0.4) is 0 Å². The van der Waals surface area contributed by atoms with Crippen molar-refractivity contribution in [2.75, 3.05) is 24.5 Å². The normalized spacial score (nSPS) is 19.2. The zero-order valence-corrected chi connectivity index (χ0v) is 8.85. The minimum Gasteiger partial charge on any atom is -0.443 e. The molecule has 0 aliphatic carbocycles. The molecule has 0 radical (unpaired) electrons. The van der Waals surface area contributed by atoms with E-state index in [9.17, 15) is 5.11 Å². The molecule has 0 bridgehead atoms. The highest BCUT2D eigenvalue weighted by atomic mass is 16.4. The number of aliphatic hydroxyl groups is 1. The Kier molecular flexibility index (Phi) is 3.28. The topological polar surface area (TPSA) is 62.6 Å². The van der Waals surface area contributed by atoms with Crippen LogP contribution in [-0.4, -0.2) is 24.7 Å². The van der Waals surface area contributed by atoms with Gasteiger partial charge in [-0.05, 0) is 25.3 Å². The van der Waals surface area contributed by atoms with E-state index in [0.29, 0.717) is 5.76 Å². The summed E-state index contributed by atoms with van der Waals surface area (Å²) in [6, 6.07) is 3.72. The van der Waals surface area contributed by atoms with Crippen molar-refractivity contribution in [2.45, 2.75) is 25.4 Å². The summed E-state index contributed by atoms with van der Waals surface area (Å²) in [6.07, 6.45) is 3.06. The first-order valence-corrected chi connectivity index (χ1v) is 5.54. The van der Waals surface area contributed by atoms with Crippen molar-refractivity contribution in [3.8, 4) is 0 Å². The van der Waals surface area contributed by atoms with Crippen molar-refractivity contribution >= 4 is 5.88 Å². The van der Waals surface area contributed by atoms with Crippen LogP contribution in [0, 0.1) is 0 Å². The summed E-state index contributed by atoms with van der Waals surface area (Å²) in [7, 11) is 0.